The summed E-state index contributed by atoms with van der Waals surface area (Å²) in [5.41, 5.74) is 1.43. The molecule has 5 amide bonds. The minimum Gasteiger partial charge on any atom is -0.508 e. The average molecular weight is 698 g/mol. The van der Waals surface area contributed by atoms with Gasteiger partial charge in [0.2, 0.25) is 29.5 Å². The van der Waals surface area contributed by atoms with Crippen molar-refractivity contribution >= 4 is 47.3 Å². The van der Waals surface area contributed by atoms with Crippen molar-refractivity contribution in [3.05, 3.63) is 65.7 Å². The van der Waals surface area contributed by atoms with Crippen molar-refractivity contribution in [2.24, 2.45) is 11.8 Å². The highest BCUT2D eigenvalue weighted by Gasteiger charge is 2.30. The Labute approximate surface area is 290 Å². The molecule has 0 saturated heterocycles. The molecule has 3 rings (SSSR count). The first kappa shape index (κ1) is 38.9. The number of carboxylic acid groups (broad SMARTS) is 1. The van der Waals surface area contributed by atoms with E-state index in [1.807, 2.05) is 6.26 Å². The van der Waals surface area contributed by atoms with Crippen LogP contribution in [0.3, 0.4) is 0 Å². The third-order valence-corrected chi connectivity index (χ3v) is 8.99. The van der Waals surface area contributed by atoms with Gasteiger partial charge >= 0.3 is 5.97 Å². The summed E-state index contributed by atoms with van der Waals surface area (Å²) in [4.78, 5) is 76.6. The molecule has 1 aliphatic rings. The highest BCUT2D eigenvalue weighted by molar-refractivity contribution is 7.98. The van der Waals surface area contributed by atoms with Crippen LogP contribution in [0.25, 0.3) is 0 Å². The molecule has 5 atom stereocenters. The first-order chi connectivity index (χ1) is 23.4. The van der Waals surface area contributed by atoms with Gasteiger partial charge in [-0.25, -0.2) is 4.79 Å². The number of hydrogen-bond acceptors (Lipinski definition) is 8. The number of aromatic hydroxyl groups is 1. The molecule has 13 nitrogen and oxygen atoms in total. The second-order valence-electron chi connectivity index (χ2n) is 12.4. The smallest absolute Gasteiger partial charge is 0.326 e. The molecule has 0 bridgehead atoms. The van der Waals surface area contributed by atoms with Gasteiger partial charge in [0.25, 0.3) is 0 Å². The van der Waals surface area contributed by atoms with E-state index in [1.165, 1.54) is 23.9 Å². The van der Waals surface area contributed by atoms with Crippen LogP contribution in [-0.4, -0.2) is 88.9 Å². The van der Waals surface area contributed by atoms with E-state index in [9.17, 15) is 39.0 Å². The number of carbonyl (C=O) groups is 6. The van der Waals surface area contributed by atoms with Gasteiger partial charge in [-0.05, 0) is 60.4 Å². The zero-order chi connectivity index (χ0) is 35.8. The molecular formula is C35H47N5O8S. The molecule has 0 radical (unpaired) electrons. The maximum absolute atomic E-state index is 13.2. The zero-order valence-electron chi connectivity index (χ0n) is 27.9. The highest BCUT2D eigenvalue weighted by Crippen LogP contribution is 2.28. The second-order valence-corrected chi connectivity index (χ2v) is 13.4. The van der Waals surface area contributed by atoms with E-state index < -0.39 is 60.8 Å². The van der Waals surface area contributed by atoms with Crippen LogP contribution in [0.1, 0.15) is 50.2 Å². The molecule has 0 aromatic heterocycles. The van der Waals surface area contributed by atoms with Crippen LogP contribution in [0.5, 0.6) is 5.75 Å². The third kappa shape index (κ3) is 13.8. The number of phenols is 1. The molecule has 14 heteroatoms. The number of phenolic OH excluding ortho intramolecular Hbond substituents is 1. The van der Waals surface area contributed by atoms with Crippen LogP contribution in [0.2, 0.25) is 0 Å². The number of carboxylic acids is 1. The first-order valence-corrected chi connectivity index (χ1v) is 17.8. The van der Waals surface area contributed by atoms with Crippen LogP contribution < -0.4 is 26.6 Å². The third-order valence-electron chi connectivity index (χ3n) is 8.35. The Morgan fingerprint density at radius 2 is 1.41 bits per heavy atom. The van der Waals surface area contributed by atoms with E-state index in [0.29, 0.717) is 17.2 Å². The molecule has 2 aromatic carbocycles. The molecule has 0 heterocycles. The summed E-state index contributed by atoms with van der Waals surface area (Å²) in [6.07, 6.45) is 5.70. The summed E-state index contributed by atoms with van der Waals surface area (Å²) in [5.74, 6) is -3.25. The fourth-order valence-corrected chi connectivity index (χ4v) is 6.11. The molecular weight excluding hydrogens is 650 g/mol. The highest BCUT2D eigenvalue weighted by atomic mass is 32.2. The number of amides is 5. The van der Waals surface area contributed by atoms with Crippen molar-refractivity contribution < 1.29 is 39.0 Å². The maximum atomic E-state index is 13.2. The van der Waals surface area contributed by atoms with Crippen molar-refractivity contribution in [1.82, 2.24) is 26.6 Å². The lowest BCUT2D eigenvalue weighted by Gasteiger charge is -2.28. The quantitative estimate of drug-likeness (QED) is 0.121. The number of nitrogens with one attached hydrogen (secondary N) is 5. The summed E-state index contributed by atoms with van der Waals surface area (Å²) >= 11 is 1.44. The number of benzene rings is 2. The normalized spacial score (nSPS) is 17.4. The van der Waals surface area contributed by atoms with Crippen molar-refractivity contribution in [2.75, 3.05) is 25.1 Å². The number of carbonyl (C=O) groups excluding carboxylic acids is 5. The van der Waals surface area contributed by atoms with Gasteiger partial charge in [0.1, 0.15) is 23.9 Å². The van der Waals surface area contributed by atoms with Gasteiger partial charge in [0, 0.05) is 18.8 Å². The second kappa shape index (κ2) is 20.0. The fraction of sp³-hybridized carbons (Fsp3) is 0.486. The van der Waals surface area contributed by atoms with Gasteiger partial charge < -0.3 is 36.8 Å². The molecule has 1 aliphatic carbocycles. The van der Waals surface area contributed by atoms with Crippen LogP contribution in [0.4, 0.5) is 0 Å². The van der Waals surface area contributed by atoms with E-state index in [1.54, 1.807) is 42.5 Å². The maximum Gasteiger partial charge on any atom is 0.326 e. The van der Waals surface area contributed by atoms with Crippen molar-refractivity contribution in [3.8, 4) is 5.75 Å². The predicted molar refractivity (Wildman–Crippen MR) is 186 cm³/mol. The van der Waals surface area contributed by atoms with E-state index >= 15 is 0 Å². The Bertz CT molecular complexity index is 1420. The van der Waals surface area contributed by atoms with Crippen molar-refractivity contribution in [3.63, 3.8) is 0 Å². The minimum absolute atomic E-state index is 0.0633. The Hall–Kier alpha value is -4.59. The lowest BCUT2D eigenvalue weighted by Crippen LogP contribution is -2.54. The first-order valence-electron chi connectivity index (χ1n) is 16.4. The van der Waals surface area contributed by atoms with E-state index in [0.717, 1.165) is 31.2 Å². The van der Waals surface area contributed by atoms with Crippen molar-refractivity contribution in [2.45, 2.75) is 70.0 Å². The lowest BCUT2D eigenvalue weighted by atomic mass is 9.82. The summed E-state index contributed by atoms with van der Waals surface area (Å²) in [7, 11) is 0. The summed E-state index contributed by atoms with van der Waals surface area (Å²) in [6, 6.07) is 11.9. The Balaban J connectivity index is 1.57. The van der Waals surface area contributed by atoms with E-state index in [4.69, 9.17) is 0 Å². The summed E-state index contributed by atoms with van der Waals surface area (Å²) < 4.78 is 0. The lowest BCUT2D eigenvalue weighted by molar-refractivity contribution is -0.142. The Morgan fingerprint density at radius 1 is 0.776 bits per heavy atom. The molecule has 49 heavy (non-hydrogen) atoms. The average Bonchev–Trinajstić information content (AvgIpc) is 3.08. The predicted octanol–water partition coefficient (Wildman–Crippen LogP) is 1.53. The molecule has 0 spiro atoms. The van der Waals surface area contributed by atoms with Gasteiger partial charge in [-0.2, -0.15) is 11.8 Å². The molecule has 1 fully saturated rings. The summed E-state index contributed by atoms with van der Waals surface area (Å²) in [5, 5.41) is 32.0. The minimum atomic E-state index is -1.19. The van der Waals surface area contributed by atoms with Gasteiger partial charge in [-0.15, -0.1) is 0 Å². The van der Waals surface area contributed by atoms with E-state index in [2.05, 4.69) is 33.5 Å². The molecule has 2 aromatic rings. The molecule has 266 valence electrons. The Kier molecular flexibility index (Phi) is 15.9. The van der Waals surface area contributed by atoms with Crippen LogP contribution in [0.15, 0.2) is 54.6 Å². The largest absolute Gasteiger partial charge is 0.508 e. The monoisotopic (exact) mass is 697 g/mol. The SMILES string of the molecule is CSCCC(NC(=O)C(Cc1ccccc1)NC(=O)CNC(=O)CNC(=O)C(Cc1ccc(O)cc1)NC(=O)C1CCCC(C)C1)C(=O)O. The Morgan fingerprint density at radius 3 is 2.04 bits per heavy atom. The van der Waals surface area contributed by atoms with Crippen LogP contribution in [0, 0.1) is 11.8 Å². The molecule has 1 saturated carbocycles. The molecule has 0 aliphatic heterocycles. The molecule has 5 unspecified atom stereocenters. The van der Waals surface area contributed by atoms with Gasteiger partial charge in [0.15, 0.2) is 0 Å². The topological polar surface area (TPSA) is 203 Å². The van der Waals surface area contributed by atoms with Crippen LogP contribution in [-0.2, 0) is 41.6 Å². The van der Waals surface area contributed by atoms with Crippen molar-refractivity contribution in [1.29, 1.82) is 0 Å². The fourth-order valence-electron chi connectivity index (χ4n) is 5.64. The zero-order valence-corrected chi connectivity index (χ0v) is 28.7. The van der Waals surface area contributed by atoms with E-state index in [-0.39, 0.29) is 36.8 Å². The van der Waals surface area contributed by atoms with Gasteiger partial charge in [-0.3, -0.25) is 24.0 Å². The standard InChI is InChI=1S/C35H47N5O8S/c1-22-7-6-10-25(17-22)32(44)40-28(19-24-11-13-26(41)14-12-24)33(45)37-20-30(42)36-21-31(43)38-29(18-23-8-4-3-5-9-23)34(46)39-27(35(47)48)15-16-49-2/h3-5,8-9,11-14,22,25,27-29,41H,6-7,10,15-21H2,1-2H3,(H,36,42)(H,37,45)(H,38,43)(H,39,46)(H,40,44)(H,47,48). The van der Waals surface area contributed by atoms with Crippen LogP contribution >= 0.6 is 11.8 Å². The van der Waals surface area contributed by atoms with Gasteiger partial charge in [0.05, 0.1) is 13.1 Å². The molecule has 7 N–H and O–H groups in total. The number of thioether (sulfide) groups is 1. The van der Waals surface area contributed by atoms with Gasteiger partial charge in [-0.1, -0.05) is 62.2 Å². The number of aliphatic carboxylic acids is 1. The summed E-state index contributed by atoms with van der Waals surface area (Å²) in [6.45, 7) is 1.12. The number of hydrogen-bond donors (Lipinski definition) is 7. The number of rotatable bonds is 18.